The Hall–Kier alpha value is -2.56. The number of ether oxygens (including phenoxy) is 1. The zero-order chi connectivity index (χ0) is 19.0. The van der Waals surface area contributed by atoms with Gasteiger partial charge in [-0.25, -0.2) is 17.9 Å². The molecule has 1 saturated heterocycles. The van der Waals surface area contributed by atoms with Crippen LogP contribution in [-0.4, -0.2) is 53.9 Å². The van der Waals surface area contributed by atoms with E-state index >= 15 is 0 Å². The smallest absolute Gasteiger partial charge is 0.349 e. The van der Waals surface area contributed by atoms with Crippen molar-refractivity contribution in [1.82, 2.24) is 19.3 Å². The van der Waals surface area contributed by atoms with Crippen LogP contribution >= 0.6 is 11.3 Å². The molecular formula is C17H16N4O4S2. The number of nitrogens with zero attached hydrogens (tertiary/aromatic N) is 4. The van der Waals surface area contributed by atoms with Crippen LogP contribution in [0.4, 0.5) is 0 Å². The summed E-state index contributed by atoms with van der Waals surface area (Å²) in [7, 11) is -2.52. The lowest BCUT2D eigenvalue weighted by Crippen LogP contribution is -2.50. The van der Waals surface area contributed by atoms with Gasteiger partial charge in [0, 0.05) is 18.7 Å². The summed E-state index contributed by atoms with van der Waals surface area (Å²) in [4.78, 5) is 11.9. The summed E-state index contributed by atoms with van der Waals surface area (Å²) >= 11 is 1.05. The molecule has 0 saturated carbocycles. The molecule has 0 bridgehead atoms. The zero-order valence-corrected chi connectivity index (χ0v) is 16.0. The topological polar surface area (TPSA) is 94.4 Å². The van der Waals surface area contributed by atoms with Crippen LogP contribution in [0.5, 0.6) is 0 Å². The van der Waals surface area contributed by atoms with Crippen LogP contribution in [0.25, 0.3) is 11.3 Å². The van der Waals surface area contributed by atoms with Crippen LogP contribution in [0.1, 0.15) is 15.7 Å². The normalized spacial score (nSPS) is 15.4. The molecule has 10 heteroatoms. The van der Waals surface area contributed by atoms with Crippen LogP contribution in [0.15, 0.2) is 52.9 Å². The number of benzene rings is 1. The van der Waals surface area contributed by atoms with Crippen molar-refractivity contribution < 1.29 is 17.9 Å². The second kappa shape index (κ2) is 6.87. The first kappa shape index (κ1) is 17.8. The SMILES string of the molecule is COC(=O)c1sccc1S(=O)(=O)N1CC(n2cc(-c3ccccc3)nn2)C1. The lowest BCUT2D eigenvalue weighted by Gasteiger charge is -2.37. The molecule has 3 aromatic rings. The van der Waals surface area contributed by atoms with E-state index in [2.05, 4.69) is 15.0 Å². The first-order chi connectivity index (χ1) is 13.0. The molecule has 4 rings (SSSR count). The molecule has 140 valence electrons. The molecular weight excluding hydrogens is 388 g/mol. The van der Waals surface area contributed by atoms with Gasteiger partial charge in [0.25, 0.3) is 0 Å². The molecule has 3 heterocycles. The molecule has 1 fully saturated rings. The molecule has 8 nitrogen and oxygen atoms in total. The lowest BCUT2D eigenvalue weighted by molar-refractivity contribution is 0.0602. The molecule has 0 unspecified atom stereocenters. The first-order valence-electron chi connectivity index (χ1n) is 8.14. The summed E-state index contributed by atoms with van der Waals surface area (Å²) in [5.41, 5.74) is 1.69. The Labute approximate surface area is 160 Å². The average Bonchev–Trinajstić information content (AvgIpc) is 3.30. The summed E-state index contributed by atoms with van der Waals surface area (Å²) in [6.45, 7) is 0.548. The second-order valence-electron chi connectivity index (χ2n) is 6.03. The molecule has 0 radical (unpaired) electrons. The lowest BCUT2D eigenvalue weighted by atomic mass is 10.1. The van der Waals surface area contributed by atoms with Crippen LogP contribution in [-0.2, 0) is 14.8 Å². The molecule has 27 heavy (non-hydrogen) atoms. The number of carbonyl (C=O) groups is 1. The van der Waals surface area contributed by atoms with E-state index in [0.29, 0.717) is 0 Å². The molecule has 0 aliphatic carbocycles. The van der Waals surface area contributed by atoms with Gasteiger partial charge >= 0.3 is 5.97 Å². The number of rotatable bonds is 5. The highest BCUT2D eigenvalue weighted by Crippen LogP contribution is 2.32. The van der Waals surface area contributed by atoms with E-state index in [4.69, 9.17) is 0 Å². The number of esters is 1. The van der Waals surface area contributed by atoms with Crippen molar-refractivity contribution in [3.05, 3.63) is 52.9 Å². The third-order valence-electron chi connectivity index (χ3n) is 4.40. The fourth-order valence-electron chi connectivity index (χ4n) is 2.86. The van der Waals surface area contributed by atoms with Gasteiger partial charge in [0.2, 0.25) is 10.0 Å². The predicted molar refractivity (Wildman–Crippen MR) is 98.9 cm³/mol. The Morgan fingerprint density at radius 1 is 1.22 bits per heavy atom. The minimum atomic E-state index is -3.75. The Morgan fingerprint density at radius 2 is 1.96 bits per heavy atom. The van der Waals surface area contributed by atoms with E-state index in [9.17, 15) is 13.2 Å². The van der Waals surface area contributed by atoms with Gasteiger partial charge in [-0.15, -0.1) is 16.4 Å². The minimum Gasteiger partial charge on any atom is -0.465 e. The quantitative estimate of drug-likeness (QED) is 0.604. The third kappa shape index (κ3) is 3.15. The summed E-state index contributed by atoms with van der Waals surface area (Å²) < 4.78 is 33.3. The fraction of sp³-hybridized carbons (Fsp3) is 0.235. The van der Waals surface area contributed by atoms with E-state index in [0.717, 1.165) is 22.6 Å². The molecule has 0 atom stereocenters. The number of carbonyl (C=O) groups excluding carboxylic acids is 1. The molecule has 1 aliphatic rings. The Bertz CT molecular complexity index is 1070. The van der Waals surface area contributed by atoms with Crippen molar-refractivity contribution in [1.29, 1.82) is 0 Å². The maximum Gasteiger partial charge on any atom is 0.349 e. The molecule has 0 spiro atoms. The number of hydrogen-bond donors (Lipinski definition) is 0. The summed E-state index contributed by atoms with van der Waals surface area (Å²) in [6, 6.07) is 11.0. The fourth-order valence-corrected chi connectivity index (χ4v) is 5.68. The first-order valence-corrected chi connectivity index (χ1v) is 10.5. The standard InChI is InChI=1S/C17H16N4O4S2/c1-25-17(22)16-15(7-8-26-16)27(23,24)20-9-13(10-20)21-11-14(18-19-21)12-5-3-2-4-6-12/h2-8,11,13H,9-10H2,1H3. The van der Waals surface area contributed by atoms with Gasteiger partial charge in [-0.3, -0.25) is 0 Å². The number of hydrogen-bond acceptors (Lipinski definition) is 7. The monoisotopic (exact) mass is 404 g/mol. The molecule has 1 aliphatic heterocycles. The highest BCUT2D eigenvalue weighted by Gasteiger charge is 2.40. The van der Waals surface area contributed by atoms with Gasteiger partial charge in [0.15, 0.2) is 0 Å². The van der Waals surface area contributed by atoms with Crippen molar-refractivity contribution in [3.63, 3.8) is 0 Å². The van der Waals surface area contributed by atoms with E-state index in [1.165, 1.54) is 17.5 Å². The Balaban J connectivity index is 1.49. The van der Waals surface area contributed by atoms with Gasteiger partial charge in [0.05, 0.1) is 19.3 Å². The van der Waals surface area contributed by atoms with Crippen molar-refractivity contribution >= 4 is 27.3 Å². The molecule has 1 aromatic carbocycles. The highest BCUT2D eigenvalue weighted by molar-refractivity contribution is 7.89. The van der Waals surface area contributed by atoms with Gasteiger partial charge in [-0.2, -0.15) is 4.31 Å². The van der Waals surface area contributed by atoms with Crippen molar-refractivity contribution in [2.75, 3.05) is 20.2 Å². The van der Waals surface area contributed by atoms with Gasteiger partial charge in [0.1, 0.15) is 15.5 Å². The number of methoxy groups -OCH3 is 1. The van der Waals surface area contributed by atoms with E-state index < -0.39 is 16.0 Å². The summed E-state index contributed by atoms with van der Waals surface area (Å²) in [6.07, 6.45) is 1.81. The van der Waals surface area contributed by atoms with Crippen LogP contribution in [0.2, 0.25) is 0 Å². The highest BCUT2D eigenvalue weighted by atomic mass is 32.2. The third-order valence-corrected chi connectivity index (χ3v) is 7.30. The Kier molecular flexibility index (Phi) is 4.54. The van der Waals surface area contributed by atoms with Crippen molar-refractivity contribution in [2.45, 2.75) is 10.9 Å². The van der Waals surface area contributed by atoms with Crippen molar-refractivity contribution in [3.8, 4) is 11.3 Å². The summed E-state index contributed by atoms with van der Waals surface area (Å²) in [5.74, 6) is -0.649. The number of aromatic nitrogens is 3. The van der Waals surface area contributed by atoms with E-state index in [1.807, 2.05) is 36.5 Å². The molecule has 0 amide bonds. The maximum atomic E-state index is 12.8. The van der Waals surface area contributed by atoms with Crippen LogP contribution < -0.4 is 0 Å². The predicted octanol–water partition coefficient (Wildman–Crippen LogP) is 2.04. The second-order valence-corrected chi connectivity index (χ2v) is 8.85. The number of thiophene rings is 1. The van der Waals surface area contributed by atoms with E-state index in [-0.39, 0.29) is 28.9 Å². The van der Waals surface area contributed by atoms with Crippen LogP contribution in [0, 0.1) is 0 Å². The largest absolute Gasteiger partial charge is 0.465 e. The van der Waals surface area contributed by atoms with Crippen LogP contribution in [0.3, 0.4) is 0 Å². The van der Waals surface area contributed by atoms with E-state index in [1.54, 1.807) is 10.1 Å². The Morgan fingerprint density at radius 3 is 2.67 bits per heavy atom. The molecule has 2 aromatic heterocycles. The van der Waals surface area contributed by atoms with Gasteiger partial charge < -0.3 is 4.74 Å². The zero-order valence-electron chi connectivity index (χ0n) is 14.3. The number of sulfonamides is 1. The summed E-state index contributed by atoms with van der Waals surface area (Å²) in [5, 5.41) is 9.86. The average molecular weight is 404 g/mol. The van der Waals surface area contributed by atoms with Crippen molar-refractivity contribution in [2.24, 2.45) is 0 Å². The molecule has 0 N–H and O–H groups in total. The minimum absolute atomic E-state index is 0.0126. The maximum absolute atomic E-state index is 12.8. The van der Waals surface area contributed by atoms with Gasteiger partial charge in [-0.1, -0.05) is 35.5 Å². The van der Waals surface area contributed by atoms with Gasteiger partial charge in [-0.05, 0) is 11.4 Å².